The van der Waals surface area contributed by atoms with E-state index in [0.29, 0.717) is 17.8 Å². The molecule has 1 amide bonds. The number of amides is 1. The molecule has 106 valence electrons. The van der Waals surface area contributed by atoms with Crippen LogP contribution in [0.25, 0.3) is 0 Å². The molecule has 3 atom stereocenters. The zero-order chi connectivity index (χ0) is 14.1. The number of carbonyl (C=O) groups excluding carboxylic acids is 1. The van der Waals surface area contributed by atoms with Crippen LogP contribution in [-0.4, -0.2) is 29.1 Å². The average molecular weight is 254 g/mol. The number of hydrogen-bond donors (Lipinski definition) is 1. The van der Waals surface area contributed by atoms with Crippen LogP contribution >= 0.6 is 0 Å². The minimum Gasteiger partial charge on any atom is -0.325 e. The largest absolute Gasteiger partial charge is 0.325 e. The summed E-state index contributed by atoms with van der Waals surface area (Å²) in [6, 6.07) is 0. The van der Waals surface area contributed by atoms with E-state index >= 15 is 0 Å². The van der Waals surface area contributed by atoms with Crippen molar-refractivity contribution in [3.05, 3.63) is 0 Å². The first-order valence-corrected chi connectivity index (χ1v) is 7.31. The van der Waals surface area contributed by atoms with E-state index in [9.17, 15) is 4.79 Å². The monoisotopic (exact) mass is 254 g/mol. The third-order valence-electron chi connectivity index (χ3n) is 4.50. The van der Waals surface area contributed by atoms with Crippen LogP contribution in [0.1, 0.15) is 54.9 Å². The Morgan fingerprint density at radius 3 is 2.22 bits per heavy atom. The van der Waals surface area contributed by atoms with E-state index in [1.165, 1.54) is 0 Å². The zero-order valence-corrected chi connectivity index (χ0v) is 13.1. The van der Waals surface area contributed by atoms with E-state index in [4.69, 9.17) is 0 Å². The Kier molecular flexibility index (Phi) is 4.82. The molecule has 0 radical (unpaired) electrons. The third kappa shape index (κ3) is 2.87. The molecule has 0 spiro atoms. The van der Waals surface area contributed by atoms with Crippen molar-refractivity contribution in [2.45, 2.75) is 66.6 Å². The number of nitrogens with one attached hydrogen (secondary N) is 1. The van der Waals surface area contributed by atoms with Crippen molar-refractivity contribution < 1.29 is 4.79 Å². The number of nitrogens with zero attached hydrogens (tertiary/aromatic N) is 1. The Labute approximate surface area is 112 Å². The maximum atomic E-state index is 12.6. The summed E-state index contributed by atoms with van der Waals surface area (Å²) in [7, 11) is 0. The molecule has 18 heavy (non-hydrogen) atoms. The molecule has 1 N–H and O–H groups in total. The van der Waals surface area contributed by atoms with Gasteiger partial charge in [0.1, 0.15) is 0 Å². The molecule has 3 unspecified atom stereocenters. The van der Waals surface area contributed by atoms with Gasteiger partial charge >= 0.3 is 0 Å². The minimum absolute atomic E-state index is 0.184. The first-order chi connectivity index (χ1) is 8.23. The van der Waals surface area contributed by atoms with Crippen molar-refractivity contribution in [1.82, 2.24) is 10.2 Å². The molecule has 1 aliphatic rings. The fraction of sp³-hybridized carbons (Fsp3) is 0.933. The quantitative estimate of drug-likeness (QED) is 0.818. The van der Waals surface area contributed by atoms with Crippen LogP contribution in [0.2, 0.25) is 0 Å². The summed E-state index contributed by atoms with van der Waals surface area (Å²) in [4.78, 5) is 14.7. The lowest BCUT2D eigenvalue weighted by Gasteiger charge is -2.30. The molecule has 3 heteroatoms. The smallest absolute Gasteiger partial charge is 0.243 e. The van der Waals surface area contributed by atoms with Gasteiger partial charge in [-0.15, -0.1) is 0 Å². The van der Waals surface area contributed by atoms with Crippen molar-refractivity contribution in [2.75, 3.05) is 6.54 Å². The van der Waals surface area contributed by atoms with E-state index in [1.807, 2.05) is 6.92 Å². The van der Waals surface area contributed by atoms with Crippen LogP contribution in [-0.2, 0) is 4.79 Å². The average Bonchev–Trinajstić information content (AvgIpc) is 2.54. The van der Waals surface area contributed by atoms with Crippen LogP contribution in [0.3, 0.4) is 0 Å². The fourth-order valence-corrected chi connectivity index (χ4v) is 2.41. The zero-order valence-electron chi connectivity index (χ0n) is 13.1. The minimum atomic E-state index is -0.369. The van der Waals surface area contributed by atoms with Gasteiger partial charge in [0, 0.05) is 6.54 Å². The van der Waals surface area contributed by atoms with Gasteiger partial charge in [0.25, 0.3) is 0 Å². The first kappa shape index (κ1) is 15.5. The summed E-state index contributed by atoms with van der Waals surface area (Å²) in [6.07, 6.45) is 1.03. The Hall–Kier alpha value is -0.570. The topological polar surface area (TPSA) is 32.3 Å². The van der Waals surface area contributed by atoms with E-state index in [2.05, 4.69) is 51.8 Å². The summed E-state index contributed by atoms with van der Waals surface area (Å²) >= 11 is 0. The molecule has 0 aromatic heterocycles. The second-order valence-corrected chi connectivity index (χ2v) is 6.70. The molecule has 0 saturated carbocycles. The van der Waals surface area contributed by atoms with Crippen LogP contribution in [0, 0.1) is 17.8 Å². The fourth-order valence-electron chi connectivity index (χ4n) is 2.41. The standard InChI is InChI=1S/C15H30N2O/c1-8-15(7)14(18)17(9-12(6)10(2)3)13(16-15)11(4)5/h10-13,16H,8-9H2,1-7H3. The van der Waals surface area contributed by atoms with Crippen LogP contribution in [0.4, 0.5) is 0 Å². The first-order valence-electron chi connectivity index (χ1n) is 7.31. The van der Waals surface area contributed by atoms with E-state index < -0.39 is 0 Å². The summed E-state index contributed by atoms with van der Waals surface area (Å²) in [5, 5.41) is 3.54. The van der Waals surface area contributed by atoms with E-state index in [1.54, 1.807) is 0 Å². The second kappa shape index (κ2) is 5.60. The van der Waals surface area contributed by atoms with Crippen molar-refractivity contribution in [3.63, 3.8) is 0 Å². The number of hydrogen-bond acceptors (Lipinski definition) is 2. The van der Waals surface area contributed by atoms with Gasteiger partial charge in [-0.25, -0.2) is 0 Å². The van der Waals surface area contributed by atoms with Crippen LogP contribution in [0.15, 0.2) is 0 Å². The highest BCUT2D eigenvalue weighted by molar-refractivity contribution is 5.88. The van der Waals surface area contributed by atoms with Gasteiger partial charge in [-0.05, 0) is 31.1 Å². The van der Waals surface area contributed by atoms with Crippen molar-refractivity contribution in [1.29, 1.82) is 0 Å². The predicted octanol–water partition coefficient (Wildman–Crippen LogP) is 2.86. The third-order valence-corrected chi connectivity index (χ3v) is 4.50. The Bertz CT molecular complexity index is 301. The molecule has 1 fully saturated rings. The molecule has 0 aromatic rings. The van der Waals surface area contributed by atoms with Crippen LogP contribution < -0.4 is 5.32 Å². The molecular weight excluding hydrogens is 224 g/mol. The lowest BCUT2D eigenvalue weighted by atomic mass is 9.96. The summed E-state index contributed by atoms with van der Waals surface area (Å²) in [5.74, 6) is 1.87. The highest BCUT2D eigenvalue weighted by Gasteiger charge is 2.47. The predicted molar refractivity (Wildman–Crippen MR) is 76.2 cm³/mol. The SMILES string of the molecule is CCC1(C)NC(C(C)C)N(CC(C)C(C)C)C1=O. The molecule has 1 aliphatic heterocycles. The molecule has 1 rings (SSSR count). The Balaban J connectivity index is 2.88. The molecular formula is C15H30N2O. The normalized spacial score (nSPS) is 30.6. The van der Waals surface area contributed by atoms with Gasteiger partial charge in [0.2, 0.25) is 5.91 Å². The summed E-state index contributed by atoms with van der Waals surface area (Å²) in [6.45, 7) is 16.0. The van der Waals surface area contributed by atoms with E-state index in [-0.39, 0.29) is 17.6 Å². The summed E-state index contributed by atoms with van der Waals surface area (Å²) < 4.78 is 0. The van der Waals surface area contributed by atoms with E-state index in [0.717, 1.165) is 13.0 Å². The van der Waals surface area contributed by atoms with Gasteiger partial charge in [-0.3, -0.25) is 10.1 Å². The molecule has 0 aliphatic carbocycles. The van der Waals surface area contributed by atoms with Crippen molar-refractivity contribution >= 4 is 5.91 Å². The van der Waals surface area contributed by atoms with Gasteiger partial charge in [-0.2, -0.15) is 0 Å². The maximum Gasteiger partial charge on any atom is 0.243 e. The lowest BCUT2D eigenvalue weighted by Crippen LogP contribution is -2.45. The number of rotatable bonds is 5. The second-order valence-electron chi connectivity index (χ2n) is 6.70. The van der Waals surface area contributed by atoms with Crippen LogP contribution in [0.5, 0.6) is 0 Å². The molecule has 0 bridgehead atoms. The van der Waals surface area contributed by atoms with Crippen molar-refractivity contribution in [2.24, 2.45) is 17.8 Å². The van der Waals surface area contributed by atoms with Gasteiger partial charge in [0.15, 0.2) is 0 Å². The molecule has 0 aromatic carbocycles. The highest BCUT2D eigenvalue weighted by Crippen LogP contribution is 2.28. The van der Waals surface area contributed by atoms with Gasteiger partial charge < -0.3 is 4.90 Å². The Morgan fingerprint density at radius 1 is 1.28 bits per heavy atom. The van der Waals surface area contributed by atoms with Gasteiger partial charge in [0.05, 0.1) is 11.7 Å². The molecule has 1 saturated heterocycles. The van der Waals surface area contributed by atoms with Gasteiger partial charge in [-0.1, -0.05) is 41.5 Å². The molecule has 3 nitrogen and oxygen atoms in total. The molecule has 1 heterocycles. The van der Waals surface area contributed by atoms with Crippen molar-refractivity contribution in [3.8, 4) is 0 Å². The Morgan fingerprint density at radius 2 is 1.83 bits per heavy atom. The highest BCUT2D eigenvalue weighted by atomic mass is 16.2. The number of carbonyl (C=O) groups is 1. The maximum absolute atomic E-state index is 12.6. The lowest BCUT2D eigenvalue weighted by molar-refractivity contribution is -0.134. The summed E-state index contributed by atoms with van der Waals surface area (Å²) in [5.41, 5.74) is -0.369.